The van der Waals surface area contributed by atoms with Crippen molar-refractivity contribution < 1.29 is 17.9 Å². The zero-order chi connectivity index (χ0) is 18.9. The van der Waals surface area contributed by atoms with Crippen LogP contribution in [0.15, 0.2) is 35.3 Å². The standard InChI is InChI=1S/C17H21N3O5S/c1-20(2)26(23,24)10-11-8-25-9-15(11)19-17(22)14-7-18-16(21)13-6-4-3-5-12(13)14/h3-7,11,15H,8-10H2,1-2H3,(H,18,21)(H,19,22)/t11-,15+/m0/s1. The average Bonchev–Trinajstić information content (AvgIpc) is 3.01. The largest absolute Gasteiger partial charge is 0.379 e. The van der Waals surface area contributed by atoms with Gasteiger partial charge in [0.1, 0.15) is 0 Å². The predicted molar refractivity (Wildman–Crippen MR) is 97.6 cm³/mol. The molecule has 1 amide bonds. The Morgan fingerprint density at radius 3 is 2.65 bits per heavy atom. The predicted octanol–water partition coefficient (Wildman–Crippen LogP) is 0.164. The molecule has 2 heterocycles. The van der Waals surface area contributed by atoms with Gasteiger partial charge in [0.05, 0.1) is 30.6 Å². The van der Waals surface area contributed by atoms with E-state index < -0.39 is 16.1 Å². The minimum absolute atomic E-state index is 0.0999. The number of hydrogen-bond donors (Lipinski definition) is 2. The summed E-state index contributed by atoms with van der Waals surface area (Å²) < 4.78 is 30.8. The molecular weight excluding hydrogens is 358 g/mol. The first-order valence-electron chi connectivity index (χ1n) is 8.19. The third-order valence-corrected chi connectivity index (χ3v) is 6.51. The first kappa shape index (κ1) is 18.6. The molecule has 2 atom stereocenters. The van der Waals surface area contributed by atoms with Crippen LogP contribution in [0.5, 0.6) is 0 Å². The number of rotatable bonds is 5. The average molecular weight is 379 g/mol. The fourth-order valence-corrected chi connectivity index (χ4v) is 4.15. The van der Waals surface area contributed by atoms with Crippen LogP contribution in [-0.2, 0) is 14.8 Å². The van der Waals surface area contributed by atoms with E-state index in [1.807, 2.05) is 0 Å². The highest BCUT2D eigenvalue weighted by Gasteiger charge is 2.34. The zero-order valence-electron chi connectivity index (χ0n) is 14.6. The number of H-pyrrole nitrogens is 1. The lowest BCUT2D eigenvalue weighted by atomic mass is 10.0. The molecule has 1 aromatic carbocycles. The number of amides is 1. The molecule has 0 radical (unpaired) electrons. The smallest absolute Gasteiger partial charge is 0.255 e. The van der Waals surface area contributed by atoms with Crippen LogP contribution in [0.1, 0.15) is 10.4 Å². The van der Waals surface area contributed by atoms with E-state index in [9.17, 15) is 18.0 Å². The molecule has 8 nitrogen and oxygen atoms in total. The number of sulfonamides is 1. The van der Waals surface area contributed by atoms with Crippen molar-refractivity contribution in [2.24, 2.45) is 5.92 Å². The number of pyridine rings is 1. The maximum Gasteiger partial charge on any atom is 0.255 e. The first-order valence-corrected chi connectivity index (χ1v) is 9.80. The molecule has 9 heteroatoms. The van der Waals surface area contributed by atoms with Crippen LogP contribution in [0, 0.1) is 5.92 Å². The van der Waals surface area contributed by atoms with Crippen LogP contribution in [0.25, 0.3) is 10.8 Å². The van der Waals surface area contributed by atoms with Gasteiger partial charge in [0, 0.05) is 37.0 Å². The number of aromatic amines is 1. The summed E-state index contributed by atoms with van der Waals surface area (Å²) in [6.07, 6.45) is 1.38. The van der Waals surface area contributed by atoms with Crippen molar-refractivity contribution >= 4 is 26.7 Å². The second-order valence-electron chi connectivity index (χ2n) is 6.52. The first-order chi connectivity index (χ1) is 12.3. The summed E-state index contributed by atoms with van der Waals surface area (Å²) >= 11 is 0. The highest BCUT2D eigenvalue weighted by Crippen LogP contribution is 2.19. The molecule has 1 saturated heterocycles. The van der Waals surface area contributed by atoms with Crippen molar-refractivity contribution in [1.82, 2.24) is 14.6 Å². The number of fused-ring (bicyclic) bond motifs is 1. The SMILES string of the molecule is CN(C)S(=O)(=O)C[C@@H]1COC[C@H]1NC(=O)c1c[nH]c(=O)c2ccccc12. The van der Waals surface area contributed by atoms with Crippen molar-refractivity contribution in [3.63, 3.8) is 0 Å². The Balaban J connectivity index is 1.82. The van der Waals surface area contributed by atoms with Gasteiger partial charge >= 0.3 is 0 Å². The van der Waals surface area contributed by atoms with E-state index in [0.717, 1.165) is 0 Å². The van der Waals surface area contributed by atoms with Crippen LogP contribution in [0.3, 0.4) is 0 Å². The molecule has 2 aromatic rings. The molecule has 1 fully saturated rings. The number of carbonyl (C=O) groups excluding carboxylic acids is 1. The van der Waals surface area contributed by atoms with Gasteiger partial charge in [-0.3, -0.25) is 9.59 Å². The van der Waals surface area contributed by atoms with Gasteiger partial charge in [0.2, 0.25) is 10.0 Å². The Hall–Kier alpha value is -2.23. The highest BCUT2D eigenvalue weighted by atomic mass is 32.2. The van der Waals surface area contributed by atoms with Crippen molar-refractivity contribution in [3.05, 3.63) is 46.4 Å². The van der Waals surface area contributed by atoms with Crippen molar-refractivity contribution in [2.45, 2.75) is 6.04 Å². The van der Waals surface area contributed by atoms with Crippen molar-refractivity contribution in [3.8, 4) is 0 Å². The molecule has 1 aliphatic rings. The van der Waals surface area contributed by atoms with Crippen molar-refractivity contribution in [2.75, 3.05) is 33.1 Å². The van der Waals surface area contributed by atoms with Gasteiger partial charge in [-0.05, 0) is 6.07 Å². The molecule has 0 bridgehead atoms. The molecule has 0 saturated carbocycles. The van der Waals surface area contributed by atoms with E-state index in [2.05, 4.69) is 10.3 Å². The molecule has 0 unspecified atom stereocenters. The van der Waals surface area contributed by atoms with E-state index in [4.69, 9.17) is 4.74 Å². The minimum Gasteiger partial charge on any atom is -0.379 e. The van der Waals surface area contributed by atoms with Crippen LogP contribution < -0.4 is 10.9 Å². The summed E-state index contributed by atoms with van der Waals surface area (Å²) in [6.45, 7) is 0.519. The number of carbonyl (C=O) groups is 1. The van der Waals surface area contributed by atoms with Gasteiger partial charge in [-0.2, -0.15) is 0 Å². The Bertz CT molecular complexity index is 983. The van der Waals surface area contributed by atoms with Crippen molar-refractivity contribution in [1.29, 1.82) is 0 Å². The van der Waals surface area contributed by atoms with Crippen LogP contribution in [0.4, 0.5) is 0 Å². The lowest BCUT2D eigenvalue weighted by molar-refractivity contribution is 0.0927. The summed E-state index contributed by atoms with van der Waals surface area (Å²) in [5.74, 6) is -0.808. The second-order valence-corrected chi connectivity index (χ2v) is 8.74. The molecule has 26 heavy (non-hydrogen) atoms. The summed E-state index contributed by atoms with van der Waals surface area (Å²) in [4.78, 5) is 27.2. The maximum absolute atomic E-state index is 12.7. The minimum atomic E-state index is -3.40. The fourth-order valence-electron chi connectivity index (χ4n) is 2.99. The van der Waals surface area contributed by atoms with E-state index in [0.29, 0.717) is 16.3 Å². The van der Waals surface area contributed by atoms with Gasteiger partial charge in [-0.25, -0.2) is 12.7 Å². The van der Waals surface area contributed by atoms with Gasteiger partial charge in [-0.15, -0.1) is 0 Å². The fraction of sp³-hybridized carbons (Fsp3) is 0.412. The number of ether oxygens (including phenoxy) is 1. The molecule has 3 rings (SSSR count). The van der Waals surface area contributed by atoms with Crippen LogP contribution >= 0.6 is 0 Å². The molecule has 2 N–H and O–H groups in total. The van der Waals surface area contributed by atoms with E-state index in [1.54, 1.807) is 24.3 Å². The summed E-state index contributed by atoms with van der Waals surface area (Å²) in [5, 5.41) is 3.82. The Morgan fingerprint density at radius 1 is 1.27 bits per heavy atom. The van der Waals surface area contributed by atoms with E-state index in [-0.39, 0.29) is 36.4 Å². The summed E-state index contributed by atoms with van der Waals surface area (Å²) in [6, 6.07) is 6.42. The number of aromatic nitrogens is 1. The molecule has 1 aromatic heterocycles. The topological polar surface area (TPSA) is 109 Å². The second kappa shape index (κ2) is 7.18. The molecule has 140 valence electrons. The lowest BCUT2D eigenvalue weighted by Gasteiger charge is -2.21. The normalized spacial score (nSPS) is 20.6. The van der Waals surface area contributed by atoms with Gasteiger partial charge in [0.25, 0.3) is 11.5 Å². The Labute approximate surface area is 151 Å². The highest BCUT2D eigenvalue weighted by molar-refractivity contribution is 7.89. The Morgan fingerprint density at radius 2 is 1.96 bits per heavy atom. The molecule has 0 spiro atoms. The number of nitrogens with zero attached hydrogens (tertiary/aromatic N) is 1. The molecule has 0 aliphatic carbocycles. The number of benzene rings is 1. The third kappa shape index (κ3) is 3.64. The van der Waals surface area contributed by atoms with Gasteiger partial charge < -0.3 is 15.0 Å². The number of hydrogen-bond acceptors (Lipinski definition) is 5. The van der Waals surface area contributed by atoms with Gasteiger partial charge in [0.15, 0.2) is 0 Å². The molecule has 1 aliphatic heterocycles. The summed E-state index contributed by atoms with van der Waals surface area (Å²) in [5.41, 5.74) is 0.0672. The zero-order valence-corrected chi connectivity index (χ0v) is 15.4. The van der Waals surface area contributed by atoms with Gasteiger partial charge in [-0.1, -0.05) is 18.2 Å². The quantitative estimate of drug-likeness (QED) is 0.770. The monoisotopic (exact) mass is 379 g/mol. The maximum atomic E-state index is 12.7. The van der Waals surface area contributed by atoms with E-state index >= 15 is 0 Å². The summed E-state index contributed by atoms with van der Waals surface area (Å²) in [7, 11) is -0.446. The molecular formula is C17H21N3O5S. The third-order valence-electron chi connectivity index (χ3n) is 4.55. The van der Waals surface area contributed by atoms with Crippen LogP contribution in [0.2, 0.25) is 0 Å². The Kier molecular flexibility index (Phi) is 5.12. The van der Waals surface area contributed by atoms with Crippen LogP contribution in [-0.4, -0.2) is 62.7 Å². The number of nitrogens with one attached hydrogen (secondary N) is 2. The lowest BCUT2D eigenvalue weighted by Crippen LogP contribution is -2.43. The van der Waals surface area contributed by atoms with E-state index in [1.165, 1.54) is 24.6 Å².